The second-order valence-electron chi connectivity index (χ2n) is 5.49. The van der Waals surface area contributed by atoms with Gasteiger partial charge >= 0.3 is 0 Å². The van der Waals surface area contributed by atoms with Crippen LogP contribution in [0.25, 0.3) is 5.82 Å². The number of rotatable bonds is 6. The standard InChI is InChI=1S/C15H23N5/c1-5-8-16-15-10-13(9-11(2)3)19-20(15)14-7-6-12(4)17-18-14/h6-7,10-11,16H,5,8-9H2,1-4H3. The summed E-state index contributed by atoms with van der Waals surface area (Å²) in [4.78, 5) is 0. The molecule has 5 nitrogen and oxygen atoms in total. The normalized spacial score (nSPS) is 11.1. The molecule has 0 aromatic carbocycles. The van der Waals surface area contributed by atoms with Crippen LogP contribution < -0.4 is 5.32 Å². The summed E-state index contributed by atoms with van der Waals surface area (Å²) in [6.07, 6.45) is 2.04. The van der Waals surface area contributed by atoms with Gasteiger partial charge in [0.05, 0.1) is 11.4 Å². The third-order valence-electron chi connectivity index (χ3n) is 2.93. The maximum absolute atomic E-state index is 4.65. The van der Waals surface area contributed by atoms with Gasteiger partial charge in [-0.05, 0) is 37.8 Å². The van der Waals surface area contributed by atoms with Crippen LogP contribution in [0.5, 0.6) is 0 Å². The Kier molecular flexibility index (Phi) is 4.71. The lowest BCUT2D eigenvalue weighted by Crippen LogP contribution is -2.09. The first-order chi connectivity index (χ1) is 9.60. The quantitative estimate of drug-likeness (QED) is 0.879. The monoisotopic (exact) mass is 273 g/mol. The van der Waals surface area contributed by atoms with E-state index < -0.39 is 0 Å². The zero-order valence-corrected chi connectivity index (χ0v) is 12.7. The van der Waals surface area contributed by atoms with Crippen molar-refractivity contribution in [3.8, 4) is 5.82 Å². The molecule has 0 saturated heterocycles. The molecule has 2 aromatic rings. The maximum Gasteiger partial charge on any atom is 0.178 e. The molecule has 5 heteroatoms. The Labute approximate surface area is 120 Å². The molecule has 0 aliphatic heterocycles. The number of nitrogens with zero attached hydrogens (tertiary/aromatic N) is 4. The summed E-state index contributed by atoms with van der Waals surface area (Å²) >= 11 is 0. The number of aryl methyl sites for hydroxylation is 1. The summed E-state index contributed by atoms with van der Waals surface area (Å²) in [6, 6.07) is 6.01. The van der Waals surface area contributed by atoms with Gasteiger partial charge in [-0.15, -0.1) is 5.10 Å². The lowest BCUT2D eigenvalue weighted by Gasteiger charge is -2.07. The summed E-state index contributed by atoms with van der Waals surface area (Å²) in [5, 5.41) is 16.4. The van der Waals surface area contributed by atoms with Crippen molar-refractivity contribution >= 4 is 5.82 Å². The van der Waals surface area contributed by atoms with E-state index in [0.717, 1.165) is 42.4 Å². The van der Waals surface area contributed by atoms with E-state index in [1.165, 1.54) is 0 Å². The minimum absolute atomic E-state index is 0.585. The van der Waals surface area contributed by atoms with Gasteiger partial charge in [0.2, 0.25) is 0 Å². The van der Waals surface area contributed by atoms with Crippen LogP contribution in [-0.4, -0.2) is 26.5 Å². The molecule has 0 aliphatic carbocycles. The van der Waals surface area contributed by atoms with Gasteiger partial charge in [0.15, 0.2) is 5.82 Å². The van der Waals surface area contributed by atoms with E-state index in [4.69, 9.17) is 0 Å². The Bertz CT molecular complexity index is 542. The number of anilines is 1. The number of aromatic nitrogens is 4. The fraction of sp³-hybridized carbons (Fsp3) is 0.533. The molecule has 0 bridgehead atoms. The molecule has 0 radical (unpaired) electrons. The fourth-order valence-corrected chi connectivity index (χ4v) is 2.01. The third kappa shape index (κ3) is 3.56. The van der Waals surface area contributed by atoms with Crippen molar-refractivity contribution in [2.45, 2.75) is 40.5 Å². The van der Waals surface area contributed by atoms with Gasteiger partial charge in [0.25, 0.3) is 0 Å². The molecule has 0 fully saturated rings. The summed E-state index contributed by atoms with van der Waals surface area (Å²) in [6.45, 7) is 9.40. The largest absolute Gasteiger partial charge is 0.370 e. The van der Waals surface area contributed by atoms with Crippen LogP contribution in [0.4, 0.5) is 5.82 Å². The first-order valence-electron chi connectivity index (χ1n) is 7.23. The molecule has 20 heavy (non-hydrogen) atoms. The molecule has 2 rings (SSSR count). The molecule has 0 aliphatic rings. The van der Waals surface area contributed by atoms with Crippen molar-refractivity contribution in [2.75, 3.05) is 11.9 Å². The highest BCUT2D eigenvalue weighted by molar-refractivity contribution is 5.43. The second-order valence-corrected chi connectivity index (χ2v) is 5.49. The molecule has 2 heterocycles. The van der Waals surface area contributed by atoms with E-state index in [1.807, 2.05) is 23.7 Å². The van der Waals surface area contributed by atoms with Crippen molar-refractivity contribution in [3.05, 3.63) is 29.6 Å². The number of hydrogen-bond donors (Lipinski definition) is 1. The Morgan fingerprint density at radius 1 is 1.25 bits per heavy atom. The molecule has 0 unspecified atom stereocenters. The van der Waals surface area contributed by atoms with E-state index >= 15 is 0 Å². The predicted molar refractivity (Wildman–Crippen MR) is 81.2 cm³/mol. The van der Waals surface area contributed by atoms with Gasteiger partial charge in [-0.1, -0.05) is 20.8 Å². The van der Waals surface area contributed by atoms with Gasteiger partial charge in [-0.2, -0.15) is 14.9 Å². The fourth-order valence-electron chi connectivity index (χ4n) is 2.01. The summed E-state index contributed by atoms with van der Waals surface area (Å²) in [7, 11) is 0. The molecule has 1 N–H and O–H groups in total. The lowest BCUT2D eigenvalue weighted by atomic mass is 10.1. The topological polar surface area (TPSA) is 55.6 Å². The molecule has 0 spiro atoms. The van der Waals surface area contributed by atoms with Crippen LogP contribution in [0.15, 0.2) is 18.2 Å². The molecule has 2 aromatic heterocycles. The number of hydrogen-bond acceptors (Lipinski definition) is 4. The lowest BCUT2D eigenvalue weighted by molar-refractivity contribution is 0.626. The molecule has 0 saturated carbocycles. The van der Waals surface area contributed by atoms with Crippen molar-refractivity contribution in [3.63, 3.8) is 0 Å². The van der Waals surface area contributed by atoms with Gasteiger partial charge < -0.3 is 5.32 Å². The molecule has 108 valence electrons. The second kappa shape index (κ2) is 6.50. The maximum atomic E-state index is 4.65. The highest BCUT2D eigenvalue weighted by Gasteiger charge is 2.11. The van der Waals surface area contributed by atoms with Gasteiger partial charge in [0.1, 0.15) is 5.82 Å². The van der Waals surface area contributed by atoms with Crippen LogP contribution >= 0.6 is 0 Å². The van der Waals surface area contributed by atoms with Crippen LogP contribution in [0, 0.1) is 12.8 Å². The Hall–Kier alpha value is -1.91. The Balaban J connectivity index is 2.32. The first-order valence-corrected chi connectivity index (χ1v) is 7.23. The van der Waals surface area contributed by atoms with E-state index in [9.17, 15) is 0 Å². The van der Waals surface area contributed by atoms with Crippen molar-refractivity contribution in [1.82, 2.24) is 20.0 Å². The smallest absolute Gasteiger partial charge is 0.178 e. The van der Waals surface area contributed by atoms with E-state index in [0.29, 0.717) is 5.92 Å². The predicted octanol–water partition coefficient (Wildman–Crippen LogP) is 2.99. The van der Waals surface area contributed by atoms with Gasteiger partial charge in [-0.3, -0.25) is 0 Å². The van der Waals surface area contributed by atoms with E-state index in [1.54, 1.807) is 0 Å². The molecular weight excluding hydrogens is 250 g/mol. The minimum atomic E-state index is 0.585. The average Bonchev–Trinajstić information content (AvgIpc) is 2.79. The van der Waals surface area contributed by atoms with Crippen molar-refractivity contribution in [2.24, 2.45) is 5.92 Å². The minimum Gasteiger partial charge on any atom is -0.370 e. The van der Waals surface area contributed by atoms with Gasteiger partial charge in [0, 0.05) is 12.6 Å². The van der Waals surface area contributed by atoms with E-state index in [2.05, 4.69) is 47.5 Å². The zero-order valence-electron chi connectivity index (χ0n) is 12.7. The Morgan fingerprint density at radius 2 is 2.05 bits per heavy atom. The van der Waals surface area contributed by atoms with Crippen LogP contribution in [-0.2, 0) is 6.42 Å². The van der Waals surface area contributed by atoms with E-state index in [-0.39, 0.29) is 0 Å². The van der Waals surface area contributed by atoms with Crippen LogP contribution in [0.1, 0.15) is 38.6 Å². The molecule has 0 amide bonds. The molecular formula is C15H23N5. The first kappa shape index (κ1) is 14.5. The van der Waals surface area contributed by atoms with Crippen molar-refractivity contribution in [1.29, 1.82) is 0 Å². The zero-order chi connectivity index (χ0) is 14.5. The van der Waals surface area contributed by atoms with Crippen LogP contribution in [0.3, 0.4) is 0 Å². The SMILES string of the molecule is CCCNc1cc(CC(C)C)nn1-c1ccc(C)nn1. The number of nitrogens with one attached hydrogen (secondary N) is 1. The molecule has 0 atom stereocenters. The summed E-state index contributed by atoms with van der Waals surface area (Å²) in [5.74, 6) is 2.33. The highest BCUT2D eigenvalue weighted by Crippen LogP contribution is 2.18. The Morgan fingerprint density at radius 3 is 2.65 bits per heavy atom. The van der Waals surface area contributed by atoms with Crippen LogP contribution in [0.2, 0.25) is 0 Å². The third-order valence-corrected chi connectivity index (χ3v) is 2.93. The summed E-state index contributed by atoms with van der Waals surface area (Å²) < 4.78 is 1.85. The average molecular weight is 273 g/mol. The van der Waals surface area contributed by atoms with Gasteiger partial charge in [-0.25, -0.2) is 0 Å². The van der Waals surface area contributed by atoms with Crippen molar-refractivity contribution < 1.29 is 0 Å². The summed E-state index contributed by atoms with van der Waals surface area (Å²) in [5.41, 5.74) is 1.99. The highest BCUT2D eigenvalue weighted by atomic mass is 15.4.